The molecule has 1 aliphatic heterocycles. The first-order chi connectivity index (χ1) is 6.82. The van der Waals surface area contributed by atoms with E-state index >= 15 is 0 Å². The summed E-state index contributed by atoms with van der Waals surface area (Å²) in [7, 11) is -0.313. The summed E-state index contributed by atoms with van der Waals surface area (Å²) in [5.41, 5.74) is 0.372. The average Bonchev–Trinajstić information content (AvgIpc) is 2.56. The molecule has 0 aliphatic carbocycles. The molecule has 1 aromatic rings. The Morgan fingerprint density at radius 3 is 2.00 bits per heavy atom. The third kappa shape index (κ3) is 1.72. The van der Waals surface area contributed by atoms with Crippen LogP contribution in [-0.2, 0) is 9.31 Å². The van der Waals surface area contributed by atoms with E-state index in [0.29, 0.717) is 0 Å². The Morgan fingerprint density at radius 2 is 1.60 bits per heavy atom. The van der Waals surface area contributed by atoms with Gasteiger partial charge in [-0.15, -0.1) is 0 Å². The van der Waals surface area contributed by atoms with Crippen LogP contribution in [0.3, 0.4) is 0 Å². The smallest absolute Gasteiger partial charge is 0.470 e. The van der Waals surface area contributed by atoms with Crippen LogP contribution in [0.25, 0.3) is 0 Å². The highest BCUT2D eigenvalue weighted by Gasteiger charge is 2.52. The normalized spacial score (nSPS) is 23.4. The van der Waals surface area contributed by atoms with Crippen molar-refractivity contribution in [2.45, 2.75) is 45.8 Å². The fourth-order valence-corrected chi connectivity index (χ4v) is 1.57. The van der Waals surface area contributed by atoms with Crippen molar-refractivity contribution in [1.29, 1.82) is 0 Å². The maximum absolute atomic E-state index is 5.88. The molecule has 0 aromatic carbocycles. The van der Waals surface area contributed by atoms with Crippen molar-refractivity contribution in [3.63, 3.8) is 0 Å². The zero-order chi connectivity index (χ0) is 11.3. The van der Waals surface area contributed by atoms with Gasteiger partial charge in [0.05, 0.1) is 23.2 Å². The second-order valence-electron chi connectivity index (χ2n) is 5.08. The highest BCUT2D eigenvalue weighted by molar-refractivity contribution is 6.62. The summed E-state index contributed by atoms with van der Waals surface area (Å²) in [6, 6.07) is 1.95. The van der Waals surface area contributed by atoms with Crippen molar-refractivity contribution in [2.24, 2.45) is 0 Å². The zero-order valence-corrected chi connectivity index (χ0v) is 9.96. The van der Waals surface area contributed by atoms with Gasteiger partial charge >= 0.3 is 7.12 Å². The van der Waals surface area contributed by atoms with E-state index in [1.165, 1.54) is 0 Å². The Labute approximate surface area is 90.9 Å². The fraction of sp³-hybridized carbons (Fsp3) is 0.636. The second kappa shape index (κ2) is 3.13. The number of hydrogen-bond donors (Lipinski definition) is 0. The maximum atomic E-state index is 5.88. The predicted molar refractivity (Wildman–Crippen MR) is 59.2 cm³/mol. The summed E-state index contributed by atoms with van der Waals surface area (Å²) < 4.78 is 17.0. The van der Waals surface area contributed by atoms with Gasteiger partial charge in [0.15, 0.2) is 0 Å². The van der Waals surface area contributed by atoms with Crippen LogP contribution in [0.5, 0.6) is 0 Å². The van der Waals surface area contributed by atoms with E-state index in [-0.39, 0.29) is 18.3 Å². The van der Waals surface area contributed by atoms with Crippen LogP contribution in [0.1, 0.15) is 33.5 Å². The Morgan fingerprint density at radius 1 is 1.07 bits per heavy atom. The second-order valence-corrected chi connectivity index (χ2v) is 5.08. The Bertz CT molecular complexity index is 352. The van der Waals surface area contributed by atoms with E-state index in [2.05, 4.69) is 0 Å². The number of furan rings is 1. The minimum atomic E-state index is -0.313. The van der Waals surface area contributed by atoms with Gasteiger partial charge in [0.1, 0.15) is 0 Å². The zero-order valence-electron chi connectivity index (χ0n) is 9.96. The molecule has 0 radical (unpaired) electrons. The van der Waals surface area contributed by atoms with Gasteiger partial charge in [0.25, 0.3) is 0 Å². The lowest BCUT2D eigenvalue weighted by atomic mass is 9.81. The molecular formula is C11H17BO3. The van der Waals surface area contributed by atoms with Crippen molar-refractivity contribution in [3.8, 4) is 0 Å². The molecule has 0 saturated carbocycles. The minimum Gasteiger partial charge on any atom is -0.470 e. The van der Waals surface area contributed by atoms with Crippen LogP contribution in [0.4, 0.5) is 0 Å². The number of rotatable bonds is 1. The van der Waals surface area contributed by atoms with Crippen LogP contribution >= 0.6 is 0 Å². The monoisotopic (exact) mass is 208 g/mol. The van der Waals surface area contributed by atoms with Crippen LogP contribution in [0.2, 0.25) is 0 Å². The lowest BCUT2D eigenvalue weighted by Gasteiger charge is -2.32. The van der Waals surface area contributed by atoms with Crippen molar-refractivity contribution >= 4 is 12.6 Å². The van der Waals surface area contributed by atoms with E-state index in [4.69, 9.17) is 13.7 Å². The minimum absolute atomic E-state index is 0.289. The molecule has 2 rings (SSSR count). The van der Waals surface area contributed by atoms with Gasteiger partial charge in [0.2, 0.25) is 0 Å². The first-order valence-electron chi connectivity index (χ1n) is 5.22. The lowest BCUT2D eigenvalue weighted by Crippen LogP contribution is -2.41. The third-order valence-electron chi connectivity index (χ3n) is 3.28. The van der Waals surface area contributed by atoms with Crippen molar-refractivity contribution in [1.82, 2.24) is 0 Å². The topological polar surface area (TPSA) is 31.6 Å². The standard InChI is InChI=1S/C11H17BO3/c1-8-6-9(7-13-8)12-14-10(2,3)11(4,5)15-12/h6-7H,1-5H3. The highest BCUT2D eigenvalue weighted by Crippen LogP contribution is 2.36. The lowest BCUT2D eigenvalue weighted by molar-refractivity contribution is 0.00578. The van der Waals surface area contributed by atoms with Crippen LogP contribution < -0.4 is 5.46 Å². The van der Waals surface area contributed by atoms with E-state index in [1.54, 1.807) is 6.26 Å². The Hall–Kier alpha value is -0.735. The fourth-order valence-electron chi connectivity index (χ4n) is 1.57. The SMILES string of the molecule is Cc1cc(B2OC(C)(C)C(C)(C)O2)co1. The summed E-state index contributed by atoms with van der Waals surface area (Å²) >= 11 is 0. The quantitative estimate of drug-likeness (QED) is 0.660. The maximum Gasteiger partial charge on any atom is 0.498 e. The Kier molecular flexibility index (Phi) is 2.24. The van der Waals surface area contributed by atoms with Gasteiger partial charge < -0.3 is 13.7 Å². The van der Waals surface area contributed by atoms with Gasteiger partial charge in [-0.2, -0.15) is 0 Å². The first kappa shape index (κ1) is 10.8. The molecule has 0 N–H and O–H groups in total. The third-order valence-corrected chi connectivity index (χ3v) is 3.28. The molecular weight excluding hydrogens is 191 g/mol. The number of aryl methyl sites for hydroxylation is 1. The summed E-state index contributed by atoms with van der Waals surface area (Å²) in [5, 5.41) is 0. The molecule has 0 unspecified atom stereocenters. The van der Waals surface area contributed by atoms with Crippen LogP contribution in [-0.4, -0.2) is 18.3 Å². The molecule has 1 saturated heterocycles. The molecule has 1 aliphatic rings. The van der Waals surface area contributed by atoms with Crippen LogP contribution in [0.15, 0.2) is 16.7 Å². The van der Waals surface area contributed by atoms with Gasteiger partial charge in [-0.05, 0) is 40.7 Å². The van der Waals surface area contributed by atoms with E-state index in [1.807, 2.05) is 40.7 Å². The molecule has 3 nitrogen and oxygen atoms in total. The molecule has 2 heterocycles. The average molecular weight is 208 g/mol. The van der Waals surface area contributed by atoms with Gasteiger partial charge in [-0.1, -0.05) is 0 Å². The molecule has 82 valence electrons. The predicted octanol–water partition coefficient (Wildman–Crippen LogP) is 1.89. The molecule has 1 fully saturated rings. The first-order valence-corrected chi connectivity index (χ1v) is 5.22. The number of hydrogen-bond acceptors (Lipinski definition) is 3. The van der Waals surface area contributed by atoms with Crippen molar-refractivity contribution in [2.75, 3.05) is 0 Å². The molecule has 0 bridgehead atoms. The summed E-state index contributed by atoms with van der Waals surface area (Å²) in [6.07, 6.45) is 1.69. The highest BCUT2D eigenvalue weighted by atomic mass is 16.7. The summed E-state index contributed by atoms with van der Waals surface area (Å²) in [5.74, 6) is 0.875. The van der Waals surface area contributed by atoms with Crippen LogP contribution in [0, 0.1) is 6.92 Å². The van der Waals surface area contributed by atoms with Gasteiger partial charge in [-0.3, -0.25) is 0 Å². The van der Waals surface area contributed by atoms with E-state index < -0.39 is 0 Å². The molecule has 15 heavy (non-hydrogen) atoms. The largest absolute Gasteiger partial charge is 0.498 e. The van der Waals surface area contributed by atoms with E-state index in [0.717, 1.165) is 11.2 Å². The van der Waals surface area contributed by atoms with Gasteiger partial charge in [0, 0.05) is 5.46 Å². The molecule has 0 atom stereocenters. The van der Waals surface area contributed by atoms with Gasteiger partial charge in [-0.25, -0.2) is 0 Å². The van der Waals surface area contributed by atoms with Crippen molar-refractivity contribution in [3.05, 3.63) is 18.1 Å². The molecule has 1 aromatic heterocycles. The molecule has 0 amide bonds. The summed E-state index contributed by atoms with van der Waals surface area (Å²) in [6.45, 7) is 10.1. The molecule has 4 heteroatoms. The van der Waals surface area contributed by atoms with E-state index in [9.17, 15) is 0 Å². The Balaban J connectivity index is 2.23. The summed E-state index contributed by atoms with van der Waals surface area (Å²) in [4.78, 5) is 0. The van der Waals surface area contributed by atoms with Crippen molar-refractivity contribution < 1.29 is 13.7 Å². The molecule has 0 spiro atoms.